The van der Waals surface area contributed by atoms with Crippen molar-refractivity contribution >= 4 is 17.4 Å². The number of anilines is 2. The highest BCUT2D eigenvalue weighted by molar-refractivity contribution is 5.75. The molecule has 5 nitrogen and oxygen atoms in total. The maximum atomic E-state index is 13.0. The van der Waals surface area contributed by atoms with Crippen molar-refractivity contribution < 1.29 is 31.1 Å². The van der Waals surface area contributed by atoms with E-state index in [1.165, 1.54) is 12.1 Å². The van der Waals surface area contributed by atoms with Crippen molar-refractivity contribution in [2.75, 3.05) is 62.2 Å². The smallest absolute Gasteiger partial charge is 0.368 e. The quantitative estimate of drug-likeness (QED) is 0.572. The summed E-state index contributed by atoms with van der Waals surface area (Å²) in [7, 11) is 0. The zero-order valence-electron chi connectivity index (χ0n) is 18.2. The van der Waals surface area contributed by atoms with Gasteiger partial charge in [-0.2, -0.15) is 26.3 Å². The Morgan fingerprint density at radius 1 is 0.588 bits per heavy atom. The van der Waals surface area contributed by atoms with Crippen molar-refractivity contribution in [2.45, 2.75) is 12.4 Å². The van der Waals surface area contributed by atoms with Crippen molar-refractivity contribution in [1.29, 1.82) is 0 Å². The fourth-order valence-electron chi connectivity index (χ4n) is 4.27. The molecular weight excluding hydrogens is 462 g/mol. The molecule has 34 heavy (non-hydrogen) atoms. The number of hydrogen-bond donors (Lipinski definition) is 0. The molecular formula is C23H24F6N4O. The van der Waals surface area contributed by atoms with Crippen molar-refractivity contribution in [3.8, 4) is 0 Å². The fraction of sp³-hybridized carbons (Fsp3) is 0.435. The lowest BCUT2D eigenvalue weighted by molar-refractivity contribution is -0.138. The molecule has 2 saturated heterocycles. The molecule has 0 aromatic heterocycles. The number of carbonyl (C=O) groups is 1. The van der Waals surface area contributed by atoms with Crippen LogP contribution in [0.15, 0.2) is 48.5 Å². The van der Waals surface area contributed by atoms with Gasteiger partial charge in [-0.15, -0.1) is 0 Å². The number of carbonyl (C=O) groups excluding carboxylic acids is 1. The summed E-state index contributed by atoms with van der Waals surface area (Å²) in [5.74, 6) is 0. The number of piperazine rings is 2. The third-order valence-corrected chi connectivity index (χ3v) is 6.18. The second kappa shape index (κ2) is 9.27. The molecule has 0 saturated carbocycles. The van der Waals surface area contributed by atoms with E-state index >= 15 is 0 Å². The summed E-state index contributed by atoms with van der Waals surface area (Å²) in [6, 6.07) is 10.1. The van der Waals surface area contributed by atoms with E-state index in [-0.39, 0.29) is 6.03 Å². The minimum Gasteiger partial charge on any atom is -0.368 e. The van der Waals surface area contributed by atoms with E-state index in [4.69, 9.17) is 0 Å². The Bertz CT molecular complexity index is 930. The minimum absolute atomic E-state index is 0.160. The van der Waals surface area contributed by atoms with Crippen LogP contribution in [-0.4, -0.2) is 68.2 Å². The van der Waals surface area contributed by atoms with Gasteiger partial charge in [0.25, 0.3) is 0 Å². The number of nitrogens with zero attached hydrogens (tertiary/aromatic N) is 4. The van der Waals surface area contributed by atoms with E-state index in [0.29, 0.717) is 63.7 Å². The molecule has 0 bridgehead atoms. The van der Waals surface area contributed by atoms with Crippen molar-refractivity contribution in [3.63, 3.8) is 0 Å². The van der Waals surface area contributed by atoms with E-state index in [1.807, 2.05) is 9.80 Å². The van der Waals surface area contributed by atoms with Crippen LogP contribution in [0.1, 0.15) is 11.1 Å². The van der Waals surface area contributed by atoms with E-state index < -0.39 is 23.5 Å². The van der Waals surface area contributed by atoms with E-state index in [0.717, 1.165) is 24.3 Å². The maximum absolute atomic E-state index is 13.0. The Morgan fingerprint density at radius 2 is 0.941 bits per heavy atom. The summed E-state index contributed by atoms with van der Waals surface area (Å²) in [5, 5.41) is 0. The van der Waals surface area contributed by atoms with Crippen LogP contribution in [-0.2, 0) is 12.4 Å². The molecule has 2 aliphatic heterocycles. The van der Waals surface area contributed by atoms with Gasteiger partial charge < -0.3 is 19.6 Å². The van der Waals surface area contributed by atoms with Gasteiger partial charge in [-0.25, -0.2) is 4.79 Å². The zero-order valence-corrected chi connectivity index (χ0v) is 18.2. The summed E-state index contributed by atoms with van der Waals surface area (Å²) in [5.41, 5.74) is -0.474. The number of hydrogen-bond acceptors (Lipinski definition) is 3. The topological polar surface area (TPSA) is 30.0 Å². The van der Waals surface area contributed by atoms with Crippen LogP contribution >= 0.6 is 0 Å². The average molecular weight is 486 g/mol. The Labute approximate surface area is 193 Å². The first-order valence-corrected chi connectivity index (χ1v) is 10.9. The number of rotatable bonds is 2. The highest BCUT2D eigenvalue weighted by Gasteiger charge is 2.33. The molecule has 2 fully saturated rings. The number of halogens is 6. The summed E-state index contributed by atoms with van der Waals surface area (Å²) < 4.78 is 77.9. The van der Waals surface area contributed by atoms with Crippen molar-refractivity contribution in [2.24, 2.45) is 0 Å². The summed E-state index contributed by atoms with van der Waals surface area (Å²) >= 11 is 0. The van der Waals surface area contributed by atoms with Gasteiger partial charge in [0.05, 0.1) is 11.1 Å². The Morgan fingerprint density at radius 3 is 1.26 bits per heavy atom. The van der Waals surface area contributed by atoms with E-state index in [1.54, 1.807) is 21.9 Å². The lowest BCUT2D eigenvalue weighted by Crippen LogP contribution is -2.57. The molecule has 2 aliphatic rings. The molecule has 0 N–H and O–H groups in total. The van der Waals surface area contributed by atoms with Crippen LogP contribution < -0.4 is 9.80 Å². The third kappa shape index (κ3) is 5.34. The van der Waals surface area contributed by atoms with Gasteiger partial charge in [-0.3, -0.25) is 0 Å². The van der Waals surface area contributed by atoms with Gasteiger partial charge in [0, 0.05) is 63.7 Å². The standard InChI is InChI=1S/C23H24F6N4O/c24-22(25,26)17-3-1-5-19(15-17)30-7-11-32(12-8-30)21(34)33-13-9-31(10-14-33)20-6-2-4-18(16-20)23(27,28)29/h1-6,15-16H,7-14H2. The molecule has 2 amide bonds. The number of amides is 2. The Kier molecular flexibility index (Phi) is 6.55. The molecule has 184 valence electrons. The lowest BCUT2D eigenvalue weighted by Gasteiger charge is -2.41. The first-order chi connectivity index (χ1) is 16.0. The predicted molar refractivity (Wildman–Crippen MR) is 116 cm³/mol. The SMILES string of the molecule is O=C(N1CCN(c2cccc(C(F)(F)F)c2)CC1)N1CCN(c2cccc(C(F)(F)F)c2)CC1. The van der Waals surface area contributed by atoms with E-state index in [9.17, 15) is 31.1 Å². The molecule has 2 aromatic carbocycles. The van der Waals surface area contributed by atoms with Crippen LogP contribution in [0.25, 0.3) is 0 Å². The molecule has 0 aliphatic carbocycles. The molecule has 0 atom stereocenters. The maximum Gasteiger partial charge on any atom is 0.416 e. The third-order valence-electron chi connectivity index (χ3n) is 6.18. The molecule has 0 radical (unpaired) electrons. The Hall–Kier alpha value is -3.11. The first kappa shape index (κ1) is 24.0. The highest BCUT2D eigenvalue weighted by Crippen LogP contribution is 2.33. The average Bonchev–Trinajstić information content (AvgIpc) is 2.83. The molecule has 4 rings (SSSR count). The fourth-order valence-corrected chi connectivity index (χ4v) is 4.27. The number of urea groups is 1. The van der Waals surface area contributed by atoms with Gasteiger partial charge in [-0.1, -0.05) is 12.1 Å². The zero-order chi connectivity index (χ0) is 24.5. The van der Waals surface area contributed by atoms with Crippen LogP contribution in [0.2, 0.25) is 0 Å². The van der Waals surface area contributed by atoms with Crippen LogP contribution in [0.3, 0.4) is 0 Å². The number of alkyl halides is 6. The van der Waals surface area contributed by atoms with Crippen LogP contribution in [0.5, 0.6) is 0 Å². The van der Waals surface area contributed by atoms with Gasteiger partial charge >= 0.3 is 18.4 Å². The monoisotopic (exact) mass is 486 g/mol. The normalized spacial score (nSPS) is 17.8. The largest absolute Gasteiger partial charge is 0.416 e. The number of benzene rings is 2. The van der Waals surface area contributed by atoms with E-state index in [2.05, 4.69) is 0 Å². The van der Waals surface area contributed by atoms with Crippen molar-refractivity contribution in [1.82, 2.24) is 9.80 Å². The first-order valence-electron chi connectivity index (χ1n) is 10.9. The molecule has 2 heterocycles. The minimum atomic E-state index is -4.41. The van der Waals surface area contributed by atoms with Gasteiger partial charge in [-0.05, 0) is 36.4 Å². The van der Waals surface area contributed by atoms with Crippen LogP contribution in [0.4, 0.5) is 42.5 Å². The summed E-state index contributed by atoms with van der Waals surface area (Å²) in [6.07, 6.45) is -8.83. The lowest BCUT2D eigenvalue weighted by atomic mass is 10.1. The van der Waals surface area contributed by atoms with Crippen LogP contribution in [0, 0.1) is 0 Å². The molecule has 0 unspecified atom stereocenters. The summed E-state index contributed by atoms with van der Waals surface area (Å²) in [4.78, 5) is 19.9. The van der Waals surface area contributed by atoms with Gasteiger partial charge in [0.15, 0.2) is 0 Å². The highest BCUT2D eigenvalue weighted by atomic mass is 19.4. The van der Waals surface area contributed by atoms with Gasteiger partial charge in [0.2, 0.25) is 0 Å². The second-order valence-electron chi connectivity index (χ2n) is 8.33. The molecule has 0 spiro atoms. The van der Waals surface area contributed by atoms with Crippen molar-refractivity contribution in [3.05, 3.63) is 59.7 Å². The molecule has 2 aromatic rings. The Balaban J connectivity index is 1.30. The predicted octanol–water partition coefficient (Wildman–Crippen LogP) is 4.79. The molecule has 11 heteroatoms. The summed E-state index contributed by atoms with van der Waals surface area (Å²) in [6.45, 7) is 3.17. The second-order valence-corrected chi connectivity index (χ2v) is 8.33. The van der Waals surface area contributed by atoms with Gasteiger partial charge in [0.1, 0.15) is 0 Å².